The Bertz CT molecular complexity index is 449. The average molecular weight is 245 g/mol. The van der Waals surface area contributed by atoms with E-state index in [2.05, 4.69) is 20.4 Å². The monoisotopic (exact) mass is 245 g/mol. The van der Waals surface area contributed by atoms with E-state index in [1.165, 1.54) is 10.9 Å². The van der Waals surface area contributed by atoms with E-state index < -0.39 is 10.0 Å². The zero-order valence-electron chi connectivity index (χ0n) is 9.05. The van der Waals surface area contributed by atoms with Crippen molar-refractivity contribution in [1.29, 1.82) is 0 Å². The summed E-state index contributed by atoms with van der Waals surface area (Å²) in [6, 6.07) is -0.0475. The molecule has 2 heterocycles. The van der Waals surface area contributed by atoms with Gasteiger partial charge in [0, 0.05) is 19.6 Å². The van der Waals surface area contributed by atoms with Gasteiger partial charge in [-0.1, -0.05) is 5.21 Å². The van der Waals surface area contributed by atoms with Crippen LogP contribution in [0.4, 0.5) is 0 Å². The molecule has 1 saturated heterocycles. The molecule has 0 radical (unpaired) electrons. The maximum absolute atomic E-state index is 11.9. The van der Waals surface area contributed by atoms with Crippen molar-refractivity contribution in [3.63, 3.8) is 0 Å². The van der Waals surface area contributed by atoms with Gasteiger partial charge in [-0.05, 0) is 19.4 Å². The zero-order chi connectivity index (χ0) is 11.6. The molecule has 8 heteroatoms. The van der Waals surface area contributed by atoms with Crippen molar-refractivity contribution in [2.75, 3.05) is 13.1 Å². The first-order valence-corrected chi connectivity index (χ1v) is 6.65. The first-order chi connectivity index (χ1) is 7.59. The summed E-state index contributed by atoms with van der Waals surface area (Å²) in [4.78, 5) is 0. The van der Waals surface area contributed by atoms with Crippen LogP contribution in [0.25, 0.3) is 0 Å². The summed E-state index contributed by atoms with van der Waals surface area (Å²) in [7, 11) is -1.94. The smallest absolute Gasteiger partial charge is 0.259 e. The van der Waals surface area contributed by atoms with Crippen LogP contribution in [-0.4, -0.2) is 42.5 Å². The molecule has 2 N–H and O–H groups in total. The first-order valence-electron chi connectivity index (χ1n) is 5.17. The van der Waals surface area contributed by atoms with E-state index in [1.807, 2.05) is 0 Å². The molecule has 1 aliphatic heterocycles. The van der Waals surface area contributed by atoms with Gasteiger partial charge in [0.1, 0.15) is 0 Å². The van der Waals surface area contributed by atoms with Crippen molar-refractivity contribution in [3.8, 4) is 0 Å². The van der Waals surface area contributed by atoms with Crippen molar-refractivity contribution in [3.05, 3.63) is 6.20 Å². The van der Waals surface area contributed by atoms with E-state index >= 15 is 0 Å². The summed E-state index contributed by atoms with van der Waals surface area (Å²) < 4.78 is 27.8. The lowest BCUT2D eigenvalue weighted by molar-refractivity contribution is 0.427. The Morgan fingerprint density at radius 1 is 1.62 bits per heavy atom. The van der Waals surface area contributed by atoms with Gasteiger partial charge in [-0.25, -0.2) is 17.8 Å². The van der Waals surface area contributed by atoms with Gasteiger partial charge in [0.15, 0.2) is 5.03 Å². The fourth-order valence-corrected chi connectivity index (χ4v) is 3.09. The summed E-state index contributed by atoms with van der Waals surface area (Å²) in [6.07, 6.45) is 3.09. The van der Waals surface area contributed by atoms with Crippen LogP contribution in [-0.2, 0) is 17.1 Å². The maximum Gasteiger partial charge on any atom is 0.259 e. The Morgan fingerprint density at radius 2 is 2.44 bits per heavy atom. The third-order valence-corrected chi connectivity index (χ3v) is 4.13. The second-order valence-electron chi connectivity index (χ2n) is 3.86. The van der Waals surface area contributed by atoms with Gasteiger partial charge in [-0.2, -0.15) is 0 Å². The normalized spacial score (nSPS) is 22.2. The van der Waals surface area contributed by atoms with Crippen LogP contribution in [0.2, 0.25) is 0 Å². The van der Waals surface area contributed by atoms with Gasteiger partial charge in [-0.3, -0.25) is 0 Å². The molecule has 0 amide bonds. The van der Waals surface area contributed by atoms with E-state index in [0.29, 0.717) is 6.54 Å². The molecule has 0 bridgehead atoms. The number of piperidine rings is 1. The van der Waals surface area contributed by atoms with Crippen LogP contribution in [0.3, 0.4) is 0 Å². The predicted octanol–water partition coefficient (Wildman–Crippen LogP) is -1.15. The molecule has 0 unspecified atom stereocenters. The van der Waals surface area contributed by atoms with E-state index in [1.54, 1.807) is 7.05 Å². The van der Waals surface area contributed by atoms with E-state index in [9.17, 15) is 8.42 Å². The van der Waals surface area contributed by atoms with Crippen LogP contribution in [0.5, 0.6) is 0 Å². The minimum Gasteiger partial charge on any atom is -0.315 e. The Balaban J connectivity index is 2.11. The summed E-state index contributed by atoms with van der Waals surface area (Å²) in [5, 5.41) is 10.4. The molecular weight excluding hydrogens is 230 g/mol. The Morgan fingerprint density at radius 3 is 3.00 bits per heavy atom. The third-order valence-electron chi connectivity index (χ3n) is 2.57. The molecule has 1 aromatic heterocycles. The fraction of sp³-hybridized carbons (Fsp3) is 0.750. The quantitative estimate of drug-likeness (QED) is 0.701. The molecule has 0 aliphatic carbocycles. The third kappa shape index (κ3) is 2.39. The number of nitrogens with one attached hydrogen (secondary N) is 2. The number of hydrogen-bond acceptors (Lipinski definition) is 5. The SMILES string of the molecule is Cn1nncc1S(=O)(=O)N[C@H]1CCCNC1. The Kier molecular flexibility index (Phi) is 3.22. The highest BCUT2D eigenvalue weighted by atomic mass is 32.2. The van der Waals surface area contributed by atoms with Crippen LogP contribution >= 0.6 is 0 Å². The van der Waals surface area contributed by atoms with Crippen LogP contribution in [0.15, 0.2) is 11.2 Å². The summed E-state index contributed by atoms with van der Waals surface area (Å²) >= 11 is 0. The van der Waals surface area contributed by atoms with Crippen LogP contribution in [0, 0.1) is 0 Å². The number of aryl methyl sites for hydroxylation is 1. The van der Waals surface area contributed by atoms with Gasteiger partial charge < -0.3 is 5.32 Å². The predicted molar refractivity (Wildman–Crippen MR) is 57.2 cm³/mol. The van der Waals surface area contributed by atoms with Crippen molar-refractivity contribution >= 4 is 10.0 Å². The largest absolute Gasteiger partial charge is 0.315 e. The van der Waals surface area contributed by atoms with Gasteiger partial charge in [0.05, 0.1) is 6.20 Å². The highest BCUT2D eigenvalue weighted by Crippen LogP contribution is 2.08. The minimum absolute atomic E-state index is 0.0475. The molecule has 0 spiro atoms. The van der Waals surface area contributed by atoms with Crippen molar-refractivity contribution in [1.82, 2.24) is 25.0 Å². The lowest BCUT2D eigenvalue weighted by atomic mass is 10.1. The lowest BCUT2D eigenvalue weighted by Gasteiger charge is -2.23. The van der Waals surface area contributed by atoms with Gasteiger partial charge >= 0.3 is 0 Å². The van der Waals surface area contributed by atoms with Crippen LogP contribution < -0.4 is 10.0 Å². The molecule has 16 heavy (non-hydrogen) atoms. The molecular formula is C8H15N5O2S. The van der Waals surface area contributed by atoms with Gasteiger partial charge in [0.2, 0.25) is 0 Å². The second-order valence-corrected chi connectivity index (χ2v) is 5.52. The molecule has 90 valence electrons. The lowest BCUT2D eigenvalue weighted by Crippen LogP contribution is -2.45. The Hall–Kier alpha value is -0.990. The van der Waals surface area contributed by atoms with E-state index in [0.717, 1.165) is 19.4 Å². The molecule has 1 aromatic rings. The van der Waals surface area contributed by atoms with Crippen molar-refractivity contribution < 1.29 is 8.42 Å². The molecule has 1 aliphatic rings. The highest BCUT2D eigenvalue weighted by Gasteiger charge is 2.24. The molecule has 0 saturated carbocycles. The number of sulfonamides is 1. The number of rotatable bonds is 3. The topological polar surface area (TPSA) is 88.9 Å². The number of aromatic nitrogens is 3. The summed E-state index contributed by atoms with van der Waals surface area (Å²) in [5.41, 5.74) is 0. The second kappa shape index (κ2) is 4.48. The minimum atomic E-state index is -3.50. The van der Waals surface area contributed by atoms with E-state index in [-0.39, 0.29) is 11.1 Å². The standard InChI is InChI=1S/C8H15N5O2S/c1-13-8(6-10-12-13)16(14,15)11-7-3-2-4-9-5-7/h6-7,9,11H,2-5H2,1H3/t7-/m0/s1. The molecule has 0 aromatic carbocycles. The van der Waals surface area contributed by atoms with Crippen molar-refractivity contribution in [2.24, 2.45) is 7.05 Å². The van der Waals surface area contributed by atoms with Gasteiger partial charge in [0.25, 0.3) is 10.0 Å². The summed E-state index contributed by atoms with van der Waals surface area (Å²) in [6.45, 7) is 1.62. The first kappa shape index (κ1) is 11.5. The molecule has 7 nitrogen and oxygen atoms in total. The number of nitrogens with zero attached hydrogens (tertiary/aromatic N) is 3. The Labute approximate surface area is 94.3 Å². The zero-order valence-corrected chi connectivity index (χ0v) is 9.87. The van der Waals surface area contributed by atoms with E-state index in [4.69, 9.17) is 0 Å². The summed E-state index contributed by atoms with van der Waals surface area (Å²) in [5.74, 6) is 0. The molecule has 2 rings (SSSR count). The highest BCUT2D eigenvalue weighted by molar-refractivity contribution is 7.89. The average Bonchev–Trinajstić information content (AvgIpc) is 2.66. The molecule has 1 fully saturated rings. The van der Waals surface area contributed by atoms with Crippen molar-refractivity contribution in [2.45, 2.75) is 23.9 Å². The van der Waals surface area contributed by atoms with Crippen LogP contribution in [0.1, 0.15) is 12.8 Å². The van der Waals surface area contributed by atoms with Gasteiger partial charge in [-0.15, -0.1) is 5.10 Å². The maximum atomic E-state index is 11.9. The fourth-order valence-electron chi connectivity index (χ4n) is 1.76. The number of hydrogen-bond donors (Lipinski definition) is 2. The molecule has 1 atom stereocenters.